The minimum atomic E-state index is 0.0973. The van der Waals surface area contributed by atoms with Gasteiger partial charge < -0.3 is 4.74 Å². The summed E-state index contributed by atoms with van der Waals surface area (Å²) in [7, 11) is 1.65. The average molecular weight is 335 g/mol. The number of rotatable bonds is 5. The van der Waals surface area contributed by atoms with Crippen LogP contribution in [0.25, 0.3) is 16.9 Å². The number of pyridine rings is 1. The van der Waals surface area contributed by atoms with Crippen LogP contribution in [0.3, 0.4) is 0 Å². The smallest absolute Gasteiger partial charge is 0.198 e. The molecule has 0 bridgehead atoms. The first kappa shape index (κ1) is 15.8. The molecule has 1 aromatic carbocycles. The molecule has 0 atom stereocenters. The molecule has 0 N–H and O–H groups in total. The summed E-state index contributed by atoms with van der Waals surface area (Å²) >= 11 is 0. The molecule has 128 valence electrons. The number of ketones is 1. The number of hydrogen-bond acceptors (Lipinski definition) is 4. The number of carbonyl (C=O) groups excluding carboxylic acids is 1. The summed E-state index contributed by atoms with van der Waals surface area (Å²) in [6, 6.07) is 9.90. The Balaban J connectivity index is 1.90. The summed E-state index contributed by atoms with van der Waals surface area (Å²) in [6.45, 7) is 3.68. The highest BCUT2D eigenvalue weighted by Gasteiger charge is 2.29. The van der Waals surface area contributed by atoms with Crippen molar-refractivity contribution in [2.24, 2.45) is 0 Å². The SMILES string of the molecule is CCc1cc(-c2ccc(OC)c3nc(C4CC4)nn23)ccc1C(C)=O. The zero-order valence-corrected chi connectivity index (χ0v) is 14.7. The van der Waals surface area contributed by atoms with E-state index in [1.807, 2.05) is 28.8 Å². The Labute approximate surface area is 146 Å². The van der Waals surface area contributed by atoms with Gasteiger partial charge in [0.1, 0.15) is 0 Å². The third-order valence-corrected chi connectivity index (χ3v) is 4.79. The summed E-state index contributed by atoms with van der Waals surface area (Å²) in [5, 5.41) is 4.73. The van der Waals surface area contributed by atoms with Gasteiger partial charge in [-0.2, -0.15) is 5.10 Å². The summed E-state index contributed by atoms with van der Waals surface area (Å²) in [5.41, 5.74) is 4.57. The van der Waals surface area contributed by atoms with Crippen LogP contribution in [0.15, 0.2) is 30.3 Å². The summed E-state index contributed by atoms with van der Waals surface area (Å²) in [4.78, 5) is 16.5. The molecule has 0 saturated heterocycles. The fraction of sp³-hybridized carbons (Fsp3) is 0.350. The van der Waals surface area contributed by atoms with Crippen molar-refractivity contribution >= 4 is 11.4 Å². The molecule has 0 unspecified atom stereocenters. The van der Waals surface area contributed by atoms with Gasteiger partial charge >= 0.3 is 0 Å². The lowest BCUT2D eigenvalue weighted by Gasteiger charge is -2.11. The van der Waals surface area contributed by atoms with Crippen molar-refractivity contribution in [2.75, 3.05) is 7.11 Å². The van der Waals surface area contributed by atoms with E-state index in [4.69, 9.17) is 14.8 Å². The molecule has 2 heterocycles. The minimum absolute atomic E-state index is 0.0973. The molecule has 3 aromatic rings. The van der Waals surface area contributed by atoms with Gasteiger partial charge in [0.25, 0.3) is 0 Å². The number of aromatic nitrogens is 3. The van der Waals surface area contributed by atoms with Crippen LogP contribution < -0.4 is 4.74 Å². The monoisotopic (exact) mass is 335 g/mol. The van der Waals surface area contributed by atoms with Crippen LogP contribution in [0, 0.1) is 0 Å². The third-order valence-electron chi connectivity index (χ3n) is 4.79. The van der Waals surface area contributed by atoms with Gasteiger partial charge in [-0.3, -0.25) is 4.79 Å². The van der Waals surface area contributed by atoms with Crippen molar-refractivity contribution in [3.8, 4) is 17.0 Å². The number of nitrogens with zero attached hydrogens (tertiary/aromatic N) is 3. The summed E-state index contributed by atoms with van der Waals surface area (Å²) in [5.74, 6) is 2.19. The van der Waals surface area contributed by atoms with Crippen LogP contribution in [0.2, 0.25) is 0 Å². The number of aryl methyl sites for hydroxylation is 1. The summed E-state index contributed by atoms with van der Waals surface area (Å²) in [6.07, 6.45) is 3.12. The van der Waals surface area contributed by atoms with E-state index in [0.29, 0.717) is 5.92 Å². The predicted molar refractivity (Wildman–Crippen MR) is 96.3 cm³/mol. The molecule has 1 aliphatic carbocycles. The third kappa shape index (κ3) is 2.69. The molecule has 0 spiro atoms. The highest BCUT2D eigenvalue weighted by Crippen LogP contribution is 2.39. The first-order chi connectivity index (χ1) is 12.1. The lowest BCUT2D eigenvalue weighted by molar-refractivity contribution is 0.101. The molecule has 1 aliphatic rings. The van der Waals surface area contributed by atoms with E-state index in [1.165, 1.54) is 0 Å². The van der Waals surface area contributed by atoms with Crippen molar-refractivity contribution < 1.29 is 9.53 Å². The van der Waals surface area contributed by atoms with Crippen LogP contribution >= 0.6 is 0 Å². The first-order valence-corrected chi connectivity index (χ1v) is 8.70. The first-order valence-electron chi connectivity index (χ1n) is 8.70. The molecular weight excluding hydrogens is 314 g/mol. The van der Waals surface area contributed by atoms with E-state index in [2.05, 4.69) is 13.0 Å². The number of ether oxygens (including phenoxy) is 1. The Kier molecular flexibility index (Phi) is 3.79. The van der Waals surface area contributed by atoms with Gasteiger partial charge in [-0.05, 0) is 49.9 Å². The van der Waals surface area contributed by atoms with Gasteiger partial charge in [0, 0.05) is 17.0 Å². The Bertz CT molecular complexity index is 970. The maximum absolute atomic E-state index is 11.8. The number of methoxy groups -OCH3 is 1. The maximum Gasteiger partial charge on any atom is 0.198 e. The standard InChI is InChI=1S/C20H21N3O2/c1-4-13-11-15(7-8-16(13)12(2)24)17-9-10-18(25-3)20-21-19(14-5-6-14)22-23(17)20/h7-11,14H,4-6H2,1-3H3. The largest absolute Gasteiger partial charge is 0.493 e. The van der Waals surface area contributed by atoms with Gasteiger partial charge in [-0.25, -0.2) is 9.50 Å². The molecule has 5 nitrogen and oxygen atoms in total. The lowest BCUT2D eigenvalue weighted by Crippen LogP contribution is -2.01. The van der Waals surface area contributed by atoms with Crippen molar-refractivity contribution in [2.45, 2.75) is 39.0 Å². The van der Waals surface area contributed by atoms with Crippen LogP contribution in [-0.4, -0.2) is 27.5 Å². The molecule has 0 amide bonds. The van der Waals surface area contributed by atoms with E-state index in [9.17, 15) is 4.79 Å². The molecule has 2 aromatic heterocycles. The molecule has 1 fully saturated rings. The topological polar surface area (TPSA) is 56.5 Å². The molecule has 0 aliphatic heterocycles. The summed E-state index contributed by atoms with van der Waals surface area (Å²) < 4.78 is 7.33. The molecule has 25 heavy (non-hydrogen) atoms. The Morgan fingerprint density at radius 3 is 2.72 bits per heavy atom. The zero-order chi connectivity index (χ0) is 17.6. The number of fused-ring (bicyclic) bond motifs is 1. The second kappa shape index (κ2) is 5.99. The minimum Gasteiger partial charge on any atom is -0.493 e. The van der Waals surface area contributed by atoms with Crippen molar-refractivity contribution in [3.05, 3.63) is 47.3 Å². The van der Waals surface area contributed by atoms with Crippen LogP contribution in [0.4, 0.5) is 0 Å². The van der Waals surface area contributed by atoms with E-state index in [-0.39, 0.29) is 5.78 Å². The normalized spacial score (nSPS) is 14.0. The fourth-order valence-electron chi connectivity index (χ4n) is 3.24. The van der Waals surface area contributed by atoms with E-state index < -0.39 is 0 Å². The molecule has 0 radical (unpaired) electrons. The Morgan fingerprint density at radius 1 is 1.28 bits per heavy atom. The van der Waals surface area contributed by atoms with Crippen LogP contribution in [0.5, 0.6) is 5.75 Å². The van der Waals surface area contributed by atoms with E-state index in [0.717, 1.165) is 58.9 Å². The van der Waals surface area contributed by atoms with E-state index >= 15 is 0 Å². The number of benzene rings is 1. The van der Waals surface area contributed by atoms with Crippen molar-refractivity contribution in [1.82, 2.24) is 14.6 Å². The van der Waals surface area contributed by atoms with E-state index in [1.54, 1.807) is 14.0 Å². The zero-order valence-electron chi connectivity index (χ0n) is 14.7. The Morgan fingerprint density at radius 2 is 2.08 bits per heavy atom. The highest BCUT2D eigenvalue weighted by atomic mass is 16.5. The average Bonchev–Trinajstić information content (AvgIpc) is 3.38. The predicted octanol–water partition coefficient (Wildman–Crippen LogP) is 4.05. The lowest BCUT2D eigenvalue weighted by atomic mass is 9.98. The van der Waals surface area contributed by atoms with Crippen LogP contribution in [-0.2, 0) is 6.42 Å². The van der Waals surface area contributed by atoms with Gasteiger partial charge in [-0.1, -0.05) is 19.1 Å². The van der Waals surface area contributed by atoms with Crippen molar-refractivity contribution in [1.29, 1.82) is 0 Å². The molecule has 5 heteroatoms. The quantitative estimate of drug-likeness (QED) is 0.660. The molecular formula is C20H21N3O2. The molecule has 4 rings (SSSR count). The van der Waals surface area contributed by atoms with Crippen LogP contribution in [0.1, 0.15) is 54.4 Å². The highest BCUT2D eigenvalue weighted by molar-refractivity contribution is 5.96. The second-order valence-electron chi connectivity index (χ2n) is 6.55. The van der Waals surface area contributed by atoms with Gasteiger partial charge in [0.15, 0.2) is 23.0 Å². The number of carbonyl (C=O) groups is 1. The Hall–Kier alpha value is -2.69. The number of hydrogen-bond donors (Lipinski definition) is 0. The van der Waals surface area contributed by atoms with Gasteiger partial charge in [0.2, 0.25) is 0 Å². The van der Waals surface area contributed by atoms with Crippen molar-refractivity contribution in [3.63, 3.8) is 0 Å². The second-order valence-corrected chi connectivity index (χ2v) is 6.55. The fourth-order valence-corrected chi connectivity index (χ4v) is 3.24. The maximum atomic E-state index is 11.8. The molecule has 1 saturated carbocycles. The van der Waals surface area contributed by atoms with Gasteiger partial charge in [-0.15, -0.1) is 0 Å². The van der Waals surface area contributed by atoms with Gasteiger partial charge in [0.05, 0.1) is 12.8 Å². The number of Topliss-reactive ketones (excluding diaryl/α,β-unsaturated/α-hetero) is 1.